The number of thiazole rings is 1. The van der Waals surface area contributed by atoms with Gasteiger partial charge < -0.3 is 14.6 Å². The summed E-state index contributed by atoms with van der Waals surface area (Å²) in [5.41, 5.74) is 3.59. The van der Waals surface area contributed by atoms with Crippen LogP contribution in [0.5, 0.6) is 0 Å². The standard InChI is InChI=1S/C23H24ClN5O2S2/c1-28-13-17(21(32)27-23(28)30)19-16-4-3-15(24)12-14(16)2-5-18-20(19)26-22(33-18)25-6-7-29-8-10-31-11-9-29/h2-5,12-13,19H,6-11H2,1H3,(H,25,26)(H,27,30,32). The number of anilines is 1. The second kappa shape index (κ2) is 9.52. The highest BCUT2D eigenvalue weighted by Crippen LogP contribution is 2.42. The zero-order valence-electron chi connectivity index (χ0n) is 18.1. The van der Waals surface area contributed by atoms with Crippen molar-refractivity contribution in [1.82, 2.24) is 19.4 Å². The first-order chi connectivity index (χ1) is 16.0. The van der Waals surface area contributed by atoms with Crippen LogP contribution in [0.25, 0.3) is 12.2 Å². The number of fused-ring (bicyclic) bond motifs is 2. The Hall–Kier alpha value is -2.30. The molecule has 0 spiro atoms. The molecule has 0 saturated carbocycles. The minimum Gasteiger partial charge on any atom is -0.379 e. The van der Waals surface area contributed by atoms with Crippen LogP contribution in [-0.4, -0.2) is 58.8 Å². The number of nitrogens with zero attached hydrogens (tertiary/aromatic N) is 3. The third-order valence-corrected chi connectivity index (χ3v) is 7.55. The van der Waals surface area contributed by atoms with Gasteiger partial charge in [0, 0.05) is 50.0 Å². The molecule has 1 atom stereocenters. The van der Waals surface area contributed by atoms with E-state index in [2.05, 4.69) is 27.4 Å². The van der Waals surface area contributed by atoms with Crippen LogP contribution in [0.1, 0.15) is 33.2 Å². The normalized spacial score (nSPS) is 17.9. The lowest BCUT2D eigenvalue weighted by molar-refractivity contribution is 0.0398. The Kier molecular flexibility index (Phi) is 6.49. The molecule has 2 aliphatic rings. The van der Waals surface area contributed by atoms with Gasteiger partial charge in [-0.3, -0.25) is 9.88 Å². The average Bonchev–Trinajstić information content (AvgIpc) is 3.14. The molecule has 5 rings (SSSR count). The number of nitrogens with one attached hydrogen (secondary N) is 2. The van der Waals surface area contributed by atoms with Gasteiger partial charge >= 0.3 is 5.69 Å². The lowest BCUT2D eigenvalue weighted by Gasteiger charge is -2.26. The molecule has 10 heteroatoms. The van der Waals surface area contributed by atoms with Crippen LogP contribution < -0.4 is 11.0 Å². The van der Waals surface area contributed by atoms with E-state index in [1.54, 1.807) is 18.4 Å². The van der Waals surface area contributed by atoms with Gasteiger partial charge in [0.15, 0.2) is 5.13 Å². The van der Waals surface area contributed by atoms with Crippen molar-refractivity contribution < 1.29 is 4.74 Å². The molecule has 1 aliphatic carbocycles. The molecular weight excluding hydrogens is 478 g/mol. The summed E-state index contributed by atoms with van der Waals surface area (Å²) in [5.74, 6) is -0.219. The molecule has 2 N–H and O–H groups in total. The summed E-state index contributed by atoms with van der Waals surface area (Å²) >= 11 is 13.5. The molecule has 1 saturated heterocycles. The molecule has 0 amide bonds. The highest BCUT2D eigenvalue weighted by molar-refractivity contribution is 7.71. The number of benzene rings is 1. The van der Waals surface area contributed by atoms with Gasteiger partial charge in [-0.15, -0.1) is 0 Å². The Morgan fingerprint density at radius 1 is 1.30 bits per heavy atom. The lowest BCUT2D eigenvalue weighted by Crippen LogP contribution is -2.39. The van der Waals surface area contributed by atoms with Crippen molar-refractivity contribution in [1.29, 1.82) is 0 Å². The Bertz CT molecular complexity index is 1320. The predicted octanol–water partition coefficient (Wildman–Crippen LogP) is 3.96. The van der Waals surface area contributed by atoms with Crippen LogP contribution in [0, 0.1) is 4.64 Å². The van der Waals surface area contributed by atoms with Gasteiger partial charge in [0.25, 0.3) is 0 Å². The zero-order chi connectivity index (χ0) is 22.9. The van der Waals surface area contributed by atoms with Crippen molar-refractivity contribution in [2.75, 3.05) is 44.7 Å². The fourth-order valence-electron chi connectivity index (χ4n) is 4.26. The Labute approximate surface area is 205 Å². The Balaban J connectivity index is 1.52. The van der Waals surface area contributed by atoms with Gasteiger partial charge in [0.2, 0.25) is 0 Å². The van der Waals surface area contributed by atoms with Gasteiger partial charge in [-0.2, -0.15) is 0 Å². The molecule has 0 bridgehead atoms. The van der Waals surface area contributed by atoms with Crippen LogP contribution in [0.4, 0.5) is 5.13 Å². The van der Waals surface area contributed by atoms with Crippen LogP contribution >= 0.6 is 35.2 Å². The molecular formula is C23H24ClN5O2S2. The zero-order valence-corrected chi connectivity index (χ0v) is 20.5. The maximum atomic E-state index is 12.1. The summed E-state index contributed by atoms with van der Waals surface area (Å²) in [5, 5.41) is 5.04. The molecule has 1 aliphatic heterocycles. The molecule has 33 heavy (non-hydrogen) atoms. The second-order valence-corrected chi connectivity index (χ2v) is 10.0. The van der Waals surface area contributed by atoms with Crippen molar-refractivity contribution in [3.05, 3.63) is 71.8 Å². The molecule has 1 unspecified atom stereocenters. The van der Waals surface area contributed by atoms with Crippen molar-refractivity contribution in [3.63, 3.8) is 0 Å². The smallest absolute Gasteiger partial charge is 0.326 e. The molecule has 1 aromatic carbocycles. The van der Waals surface area contributed by atoms with E-state index in [4.69, 9.17) is 33.5 Å². The molecule has 0 radical (unpaired) electrons. The van der Waals surface area contributed by atoms with Gasteiger partial charge in [-0.1, -0.05) is 47.3 Å². The number of morpholine rings is 1. The molecule has 1 fully saturated rings. The molecule has 2 aromatic heterocycles. The number of hydrogen-bond donors (Lipinski definition) is 2. The van der Waals surface area contributed by atoms with E-state index in [0.717, 1.165) is 71.8 Å². The summed E-state index contributed by atoms with van der Waals surface area (Å²) in [7, 11) is 1.72. The third-order valence-electron chi connectivity index (χ3n) is 5.98. The van der Waals surface area contributed by atoms with Crippen LogP contribution in [-0.2, 0) is 11.8 Å². The fourth-order valence-corrected chi connectivity index (χ4v) is 5.63. The minimum absolute atomic E-state index is 0.219. The highest BCUT2D eigenvalue weighted by Gasteiger charge is 2.29. The Morgan fingerprint density at radius 2 is 2.12 bits per heavy atom. The van der Waals surface area contributed by atoms with Crippen LogP contribution in [0.15, 0.2) is 29.2 Å². The van der Waals surface area contributed by atoms with Gasteiger partial charge in [-0.25, -0.2) is 9.78 Å². The topological polar surface area (TPSA) is 75.2 Å². The quantitative estimate of drug-likeness (QED) is 0.403. The van der Waals surface area contributed by atoms with E-state index in [1.165, 1.54) is 4.57 Å². The van der Waals surface area contributed by atoms with Crippen LogP contribution in [0.2, 0.25) is 5.02 Å². The number of H-pyrrole nitrogens is 1. The summed E-state index contributed by atoms with van der Waals surface area (Å²) in [6.07, 6.45) is 5.97. The first kappa shape index (κ1) is 22.5. The fraction of sp³-hybridized carbons (Fsp3) is 0.348. The van der Waals surface area contributed by atoms with E-state index in [0.29, 0.717) is 9.66 Å². The third kappa shape index (κ3) is 4.69. The van der Waals surface area contributed by atoms with Crippen molar-refractivity contribution in [3.8, 4) is 0 Å². The van der Waals surface area contributed by atoms with E-state index in [-0.39, 0.29) is 11.6 Å². The second-order valence-electron chi connectivity index (χ2n) is 8.14. The van der Waals surface area contributed by atoms with Crippen molar-refractivity contribution in [2.45, 2.75) is 5.92 Å². The summed E-state index contributed by atoms with van der Waals surface area (Å²) in [6.45, 7) is 5.27. The van der Waals surface area contributed by atoms with E-state index < -0.39 is 0 Å². The van der Waals surface area contributed by atoms with Crippen molar-refractivity contribution >= 4 is 52.4 Å². The number of ether oxygens (including phenoxy) is 1. The van der Waals surface area contributed by atoms with Gasteiger partial charge in [0.05, 0.1) is 29.7 Å². The van der Waals surface area contributed by atoms with E-state index in [1.807, 2.05) is 24.4 Å². The number of rotatable bonds is 5. The predicted molar refractivity (Wildman–Crippen MR) is 136 cm³/mol. The molecule has 3 aromatic rings. The number of aromatic amines is 1. The molecule has 172 valence electrons. The SMILES string of the molecule is Cn1cc(C2c3ccc(Cl)cc3C=Cc3sc(NCCN4CCOCC4)nc32)c(=S)[nH]c1=O. The largest absolute Gasteiger partial charge is 0.379 e. The lowest BCUT2D eigenvalue weighted by atomic mass is 9.88. The first-order valence-electron chi connectivity index (χ1n) is 10.8. The monoisotopic (exact) mass is 501 g/mol. The van der Waals surface area contributed by atoms with Crippen molar-refractivity contribution in [2.24, 2.45) is 7.05 Å². The molecule has 3 heterocycles. The summed E-state index contributed by atoms with van der Waals surface area (Å²) < 4.78 is 7.37. The van der Waals surface area contributed by atoms with Crippen LogP contribution in [0.3, 0.4) is 0 Å². The number of halogens is 1. The van der Waals surface area contributed by atoms with E-state index >= 15 is 0 Å². The molecule has 7 nitrogen and oxygen atoms in total. The minimum atomic E-state index is -0.240. The average molecular weight is 502 g/mol. The van der Waals surface area contributed by atoms with Gasteiger partial charge in [-0.05, 0) is 29.3 Å². The summed E-state index contributed by atoms with van der Waals surface area (Å²) in [6, 6.07) is 5.86. The summed E-state index contributed by atoms with van der Waals surface area (Å²) in [4.78, 5) is 23.4. The first-order valence-corrected chi connectivity index (χ1v) is 12.4. The Morgan fingerprint density at radius 3 is 2.94 bits per heavy atom. The number of aromatic nitrogens is 3. The number of aryl methyl sites for hydroxylation is 1. The maximum absolute atomic E-state index is 12.1. The maximum Gasteiger partial charge on any atom is 0.326 e. The highest BCUT2D eigenvalue weighted by atomic mass is 35.5. The number of hydrogen-bond acceptors (Lipinski definition) is 7. The van der Waals surface area contributed by atoms with E-state index in [9.17, 15) is 4.79 Å². The van der Waals surface area contributed by atoms with Gasteiger partial charge in [0.1, 0.15) is 4.64 Å².